The van der Waals surface area contributed by atoms with E-state index < -0.39 is 9.84 Å². The Bertz CT molecular complexity index is 314. The van der Waals surface area contributed by atoms with E-state index in [1.807, 2.05) is 13.8 Å². The minimum absolute atomic E-state index is 0.0115. The molecule has 0 aromatic rings. The highest BCUT2D eigenvalue weighted by atomic mass is 32.2. The third-order valence-corrected chi connectivity index (χ3v) is 5.50. The van der Waals surface area contributed by atoms with E-state index in [2.05, 4.69) is 26.1 Å². The molecule has 0 aliphatic carbocycles. The Hall–Kier alpha value is -0.0900. The summed E-state index contributed by atoms with van der Waals surface area (Å²) in [4.78, 5) is 0. The van der Waals surface area contributed by atoms with Gasteiger partial charge >= 0.3 is 0 Å². The molecule has 90 valence electrons. The zero-order chi connectivity index (χ0) is 11.9. The van der Waals surface area contributed by atoms with Crippen LogP contribution < -0.4 is 5.32 Å². The topological polar surface area (TPSA) is 46.2 Å². The molecule has 0 amide bonds. The highest BCUT2D eigenvalue weighted by Crippen LogP contribution is 2.31. The standard InChI is InChI=1S/C11H23NO2S/c1-8(2)9-10(11(3,4)5)12-6-7-15(9,13)14/h8-10,12H,6-7H2,1-5H3. The SMILES string of the molecule is CC(C)C1C(C(C)(C)C)NCCS1(=O)=O. The molecule has 3 nitrogen and oxygen atoms in total. The maximum absolute atomic E-state index is 12.0. The number of nitrogens with one attached hydrogen (secondary N) is 1. The van der Waals surface area contributed by atoms with E-state index in [1.165, 1.54) is 0 Å². The van der Waals surface area contributed by atoms with Crippen molar-refractivity contribution in [2.24, 2.45) is 11.3 Å². The van der Waals surface area contributed by atoms with Gasteiger partial charge in [0, 0.05) is 12.6 Å². The van der Waals surface area contributed by atoms with Gasteiger partial charge in [0.25, 0.3) is 0 Å². The van der Waals surface area contributed by atoms with Crippen LogP contribution in [-0.4, -0.2) is 32.0 Å². The van der Waals surface area contributed by atoms with Gasteiger partial charge in [-0.05, 0) is 11.3 Å². The molecule has 1 aliphatic rings. The summed E-state index contributed by atoms with van der Waals surface area (Å²) in [7, 11) is -2.92. The zero-order valence-corrected chi connectivity index (χ0v) is 11.2. The van der Waals surface area contributed by atoms with E-state index in [4.69, 9.17) is 0 Å². The van der Waals surface area contributed by atoms with Crippen LogP contribution in [0.1, 0.15) is 34.6 Å². The predicted octanol–water partition coefficient (Wildman–Crippen LogP) is 1.44. The van der Waals surface area contributed by atoms with E-state index in [0.717, 1.165) is 0 Å². The fourth-order valence-electron chi connectivity index (χ4n) is 2.41. The van der Waals surface area contributed by atoms with Crippen molar-refractivity contribution < 1.29 is 8.42 Å². The van der Waals surface area contributed by atoms with Crippen molar-refractivity contribution in [2.45, 2.75) is 45.9 Å². The van der Waals surface area contributed by atoms with Crippen molar-refractivity contribution in [3.63, 3.8) is 0 Å². The lowest BCUT2D eigenvalue weighted by atomic mass is 9.81. The van der Waals surface area contributed by atoms with Gasteiger partial charge in [0.1, 0.15) is 0 Å². The van der Waals surface area contributed by atoms with Crippen LogP contribution in [0, 0.1) is 11.3 Å². The number of hydrogen-bond donors (Lipinski definition) is 1. The van der Waals surface area contributed by atoms with Gasteiger partial charge in [-0.15, -0.1) is 0 Å². The largest absolute Gasteiger partial charge is 0.311 e. The zero-order valence-electron chi connectivity index (χ0n) is 10.4. The van der Waals surface area contributed by atoms with Gasteiger partial charge in [-0.2, -0.15) is 0 Å². The first-order valence-electron chi connectivity index (χ1n) is 5.61. The Kier molecular flexibility index (Phi) is 3.51. The van der Waals surface area contributed by atoms with Crippen molar-refractivity contribution in [3.8, 4) is 0 Å². The molecule has 1 rings (SSSR count). The first-order valence-corrected chi connectivity index (χ1v) is 7.33. The lowest BCUT2D eigenvalue weighted by Gasteiger charge is -2.42. The molecule has 15 heavy (non-hydrogen) atoms. The highest BCUT2D eigenvalue weighted by Gasteiger charge is 2.43. The maximum Gasteiger partial charge on any atom is 0.156 e. The number of rotatable bonds is 1. The summed E-state index contributed by atoms with van der Waals surface area (Å²) >= 11 is 0. The third-order valence-electron chi connectivity index (χ3n) is 3.08. The van der Waals surface area contributed by atoms with Crippen LogP contribution in [0.4, 0.5) is 0 Å². The van der Waals surface area contributed by atoms with Crippen molar-refractivity contribution in [2.75, 3.05) is 12.3 Å². The van der Waals surface area contributed by atoms with Crippen molar-refractivity contribution in [1.82, 2.24) is 5.32 Å². The van der Waals surface area contributed by atoms with Crippen LogP contribution in [-0.2, 0) is 9.84 Å². The van der Waals surface area contributed by atoms with E-state index >= 15 is 0 Å². The summed E-state index contributed by atoms with van der Waals surface area (Å²) in [5.74, 6) is 0.453. The lowest BCUT2D eigenvalue weighted by molar-refractivity contribution is 0.232. The Morgan fingerprint density at radius 2 is 1.80 bits per heavy atom. The van der Waals surface area contributed by atoms with E-state index in [9.17, 15) is 8.42 Å². The average molecular weight is 233 g/mol. The second-order valence-electron chi connectivity index (χ2n) is 5.87. The molecule has 0 spiro atoms. The summed E-state index contributed by atoms with van der Waals surface area (Å²) in [6.07, 6.45) is 0. The van der Waals surface area contributed by atoms with Gasteiger partial charge < -0.3 is 5.32 Å². The molecule has 0 aromatic carbocycles. The summed E-state index contributed by atoms with van der Waals surface area (Å²) in [5, 5.41) is 3.12. The second-order valence-corrected chi connectivity index (χ2v) is 8.15. The predicted molar refractivity (Wildman–Crippen MR) is 63.7 cm³/mol. The average Bonchev–Trinajstić information content (AvgIpc) is 1.99. The first-order chi connectivity index (χ1) is 6.66. The van der Waals surface area contributed by atoms with Crippen LogP contribution in [0.3, 0.4) is 0 Å². The highest BCUT2D eigenvalue weighted by molar-refractivity contribution is 7.92. The van der Waals surface area contributed by atoms with Gasteiger partial charge in [0.15, 0.2) is 9.84 Å². The van der Waals surface area contributed by atoms with Crippen LogP contribution >= 0.6 is 0 Å². The number of hydrogen-bond acceptors (Lipinski definition) is 3. The van der Waals surface area contributed by atoms with E-state index in [0.29, 0.717) is 6.54 Å². The van der Waals surface area contributed by atoms with Crippen LogP contribution in [0.25, 0.3) is 0 Å². The minimum atomic E-state index is -2.92. The molecule has 2 unspecified atom stereocenters. The quantitative estimate of drug-likeness (QED) is 0.745. The normalized spacial score (nSPS) is 31.9. The van der Waals surface area contributed by atoms with Crippen molar-refractivity contribution in [3.05, 3.63) is 0 Å². The van der Waals surface area contributed by atoms with Crippen LogP contribution in [0.15, 0.2) is 0 Å². The molecule has 1 aliphatic heterocycles. The smallest absolute Gasteiger partial charge is 0.156 e. The molecular weight excluding hydrogens is 210 g/mol. The molecule has 0 bridgehead atoms. The first kappa shape index (κ1) is 13.0. The molecular formula is C11H23NO2S. The van der Waals surface area contributed by atoms with Gasteiger partial charge in [-0.25, -0.2) is 8.42 Å². The van der Waals surface area contributed by atoms with Crippen molar-refractivity contribution >= 4 is 9.84 Å². The van der Waals surface area contributed by atoms with Crippen LogP contribution in [0.2, 0.25) is 0 Å². The summed E-state index contributed by atoms with van der Waals surface area (Å²) in [6.45, 7) is 10.9. The van der Waals surface area contributed by atoms with Gasteiger partial charge in [0.05, 0.1) is 11.0 Å². The molecule has 0 aromatic heterocycles. The Morgan fingerprint density at radius 3 is 2.13 bits per heavy atom. The molecule has 1 N–H and O–H groups in total. The molecule has 0 radical (unpaired) electrons. The van der Waals surface area contributed by atoms with Gasteiger partial charge in [0.2, 0.25) is 0 Å². The monoisotopic (exact) mass is 233 g/mol. The molecule has 1 saturated heterocycles. The van der Waals surface area contributed by atoms with E-state index in [1.54, 1.807) is 0 Å². The maximum atomic E-state index is 12.0. The number of sulfone groups is 1. The Labute approximate surface area is 93.6 Å². The summed E-state index contributed by atoms with van der Waals surface area (Å²) in [6, 6.07) is 0.0660. The second kappa shape index (κ2) is 4.06. The van der Waals surface area contributed by atoms with E-state index in [-0.39, 0.29) is 28.4 Å². The Balaban J connectivity index is 3.06. The van der Waals surface area contributed by atoms with Crippen molar-refractivity contribution in [1.29, 1.82) is 0 Å². The van der Waals surface area contributed by atoms with Gasteiger partial charge in [-0.1, -0.05) is 34.6 Å². The minimum Gasteiger partial charge on any atom is -0.311 e. The Morgan fingerprint density at radius 1 is 1.27 bits per heavy atom. The summed E-state index contributed by atoms with van der Waals surface area (Å²) < 4.78 is 24.1. The van der Waals surface area contributed by atoms with Crippen LogP contribution in [0.5, 0.6) is 0 Å². The fourth-order valence-corrected chi connectivity index (χ4v) is 4.84. The molecule has 4 heteroatoms. The molecule has 2 atom stereocenters. The lowest BCUT2D eigenvalue weighted by Crippen LogP contribution is -2.59. The fraction of sp³-hybridized carbons (Fsp3) is 1.00. The molecule has 0 saturated carbocycles. The summed E-state index contributed by atoms with van der Waals surface area (Å²) in [5.41, 5.74) is -0.0115. The molecule has 1 fully saturated rings. The third kappa shape index (κ3) is 2.72. The van der Waals surface area contributed by atoms with Gasteiger partial charge in [-0.3, -0.25) is 0 Å². The molecule has 1 heterocycles.